The topological polar surface area (TPSA) is 114 Å². The van der Waals surface area contributed by atoms with E-state index in [1.807, 2.05) is 19.2 Å². The lowest BCUT2D eigenvalue weighted by Gasteiger charge is -2.36. The summed E-state index contributed by atoms with van der Waals surface area (Å²) in [5, 5.41) is 6.57. The lowest BCUT2D eigenvalue weighted by atomic mass is 9.97. The first-order valence-electron chi connectivity index (χ1n) is 11.6. The first-order chi connectivity index (χ1) is 16.6. The number of rotatable bonds is 3. The van der Waals surface area contributed by atoms with Crippen LogP contribution in [0.25, 0.3) is 22.2 Å². The molecule has 0 unspecified atom stereocenters. The number of likely N-dealkylation sites (tertiary alicyclic amines) is 1. The number of aromatic nitrogens is 4. The SMILES string of the molecule is COCc1ncc(-c2ccc3ncc4nc3c2OCCCNC(=O)[C@@H]2C[C@H](CCN2C)N4)cn1. The molecule has 1 amide bonds. The first-order valence-corrected chi connectivity index (χ1v) is 11.6. The predicted octanol–water partition coefficient (Wildman–Crippen LogP) is 2.01. The lowest BCUT2D eigenvalue weighted by molar-refractivity contribution is -0.127. The van der Waals surface area contributed by atoms with E-state index in [9.17, 15) is 4.79 Å². The molecule has 4 bridgehead atoms. The van der Waals surface area contributed by atoms with Gasteiger partial charge in [-0.3, -0.25) is 14.7 Å². The van der Waals surface area contributed by atoms with E-state index in [1.54, 1.807) is 25.7 Å². The molecule has 4 heterocycles. The zero-order valence-corrected chi connectivity index (χ0v) is 19.5. The molecule has 2 aliphatic heterocycles. The van der Waals surface area contributed by atoms with Gasteiger partial charge in [-0.05, 0) is 38.4 Å². The molecule has 1 fully saturated rings. The van der Waals surface area contributed by atoms with Crippen LogP contribution in [0.1, 0.15) is 25.1 Å². The second-order valence-electron chi connectivity index (χ2n) is 8.74. The average Bonchev–Trinajstić information content (AvgIpc) is 2.85. The number of ether oxygens (including phenoxy) is 2. The van der Waals surface area contributed by atoms with Crippen LogP contribution in [-0.4, -0.2) is 76.7 Å². The molecule has 2 atom stereocenters. The third-order valence-electron chi connectivity index (χ3n) is 6.35. The van der Waals surface area contributed by atoms with E-state index in [-0.39, 0.29) is 18.0 Å². The fraction of sp³-hybridized carbons (Fsp3) is 0.458. The van der Waals surface area contributed by atoms with Crippen molar-refractivity contribution < 1.29 is 14.3 Å². The third-order valence-corrected chi connectivity index (χ3v) is 6.35. The Hall–Kier alpha value is -3.37. The van der Waals surface area contributed by atoms with Gasteiger partial charge in [-0.2, -0.15) is 0 Å². The quantitative estimate of drug-likeness (QED) is 0.602. The number of anilines is 1. The molecule has 1 aromatic carbocycles. The first kappa shape index (κ1) is 22.4. The maximum atomic E-state index is 12.8. The smallest absolute Gasteiger partial charge is 0.237 e. The Morgan fingerprint density at radius 3 is 2.88 bits per heavy atom. The minimum Gasteiger partial charge on any atom is -0.491 e. The molecule has 0 spiro atoms. The molecule has 0 saturated carbocycles. The highest BCUT2D eigenvalue weighted by Crippen LogP contribution is 2.36. The van der Waals surface area contributed by atoms with E-state index in [1.165, 1.54) is 0 Å². The van der Waals surface area contributed by atoms with Gasteiger partial charge in [0.15, 0.2) is 11.6 Å². The largest absolute Gasteiger partial charge is 0.491 e. The standard InChI is InChI=1S/C24H29N7O3/c1-31-8-6-16-10-19(31)24(32)25-7-3-9-34-23-17(15-11-27-21(14-33-2)28-12-15)4-5-18-22(23)30-20(29-16)13-26-18/h4-5,11-13,16,19H,3,6-10,14H2,1-2H3,(H,25,32)(H,29,30)/t16-,19-/m0/s1. The lowest BCUT2D eigenvalue weighted by Crippen LogP contribution is -2.52. The number of likely N-dealkylation sites (N-methyl/N-ethyl adjacent to an activating group) is 1. The van der Waals surface area contributed by atoms with Crippen molar-refractivity contribution in [3.8, 4) is 16.9 Å². The normalized spacial score (nSPS) is 21.4. The molecule has 1 saturated heterocycles. The minimum atomic E-state index is -0.160. The number of carbonyl (C=O) groups is 1. The number of hydrogen-bond donors (Lipinski definition) is 2. The summed E-state index contributed by atoms with van der Waals surface area (Å²) in [6.07, 6.45) is 7.60. The van der Waals surface area contributed by atoms with E-state index >= 15 is 0 Å². The van der Waals surface area contributed by atoms with Crippen molar-refractivity contribution in [1.82, 2.24) is 30.2 Å². The van der Waals surface area contributed by atoms with Gasteiger partial charge < -0.3 is 20.1 Å². The van der Waals surface area contributed by atoms with Crippen molar-refractivity contribution in [2.75, 3.05) is 39.2 Å². The third kappa shape index (κ3) is 4.64. The van der Waals surface area contributed by atoms with Crippen LogP contribution in [0.3, 0.4) is 0 Å². The molecule has 0 radical (unpaired) electrons. The number of nitrogens with one attached hydrogen (secondary N) is 2. The molecule has 34 heavy (non-hydrogen) atoms. The van der Waals surface area contributed by atoms with Crippen molar-refractivity contribution in [3.63, 3.8) is 0 Å². The Labute approximate surface area is 198 Å². The summed E-state index contributed by atoms with van der Waals surface area (Å²) in [5.74, 6) is 1.98. The van der Waals surface area contributed by atoms with Crippen molar-refractivity contribution in [2.45, 2.75) is 38.0 Å². The molecule has 10 heteroatoms. The van der Waals surface area contributed by atoms with Crippen LogP contribution in [0.4, 0.5) is 5.82 Å². The van der Waals surface area contributed by atoms with Crippen molar-refractivity contribution >= 4 is 22.8 Å². The molecule has 3 aromatic rings. The summed E-state index contributed by atoms with van der Waals surface area (Å²) in [7, 11) is 3.62. The van der Waals surface area contributed by atoms with Crippen LogP contribution in [0, 0.1) is 0 Å². The Morgan fingerprint density at radius 2 is 2.06 bits per heavy atom. The monoisotopic (exact) mass is 463 g/mol. The number of methoxy groups -OCH3 is 1. The number of piperidine rings is 1. The summed E-state index contributed by atoms with van der Waals surface area (Å²) >= 11 is 0. The van der Waals surface area contributed by atoms with E-state index < -0.39 is 0 Å². The molecular weight excluding hydrogens is 434 g/mol. The van der Waals surface area contributed by atoms with Gasteiger partial charge >= 0.3 is 0 Å². The van der Waals surface area contributed by atoms with Gasteiger partial charge in [0, 0.05) is 49.8 Å². The van der Waals surface area contributed by atoms with E-state index in [4.69, 9.17) is 14.5 Å². The minimum absolute atomic E-state index is 0.0574. The van der Waals surface area contributed by atoms with E-state index in [0.717, 1.165) is 36.0 Å². The fourth-order valence-electron chi connectivity index (χ4n) is 4.50. The predicted molar refractivity (Wildman–Crippen MR) is 127 cm³/mol. The van der Waals surface area contributed by atoms with Crippen molar-refractivity contribution in [3.05, 3.63) is 36.5 Å². The summed E-state index contributed by atoms with van der Waals surface area (Å²) < 4.78 is 11.4. The highest BCUT2D eigenvalue weighted by Gasteiger charge is 2.31. The number of benzene rings is 1. The number of carbonyl (C=O) groups excluding carboxylic acids is 1. The van der Waals surface area contributed by atoms with E-state index in [0.29, 0.717) is 49.1 Å². The van der Waals surface area contributed by atoms with Gasteiger partial charge in [-0.25, -0.2) is 15.0 Å². The molecular formula is C24H29N7O3. The second-order valence-corrected chi connectivity index (χ2v) is 8.74. The Balaban J connectivity index is 1.54. The summed E-state index contributed by atoms with van der Waals surface area (Å²) in [5.41, 5.74) is 3.11. The molecule has 0 aliphatic carbocycles. The molecule has 2 aromatic heterocycles. The number of nitrogens with zero attached hydrogens (tertiary/aromatic N) is 5. The number of hydrogen-bond acceptors (Lipinski definition) is 9. The molecule has 10 nitrogen and oxygen atoms in total. The maximum Gasteiger partial charge on any atom is 0.237 e. The van der Waals surface area contributed by atoms with Gasteiger partial charge in [-0.1, -0.05) is 0 Å². The summed E-state index contributed by atoms with van der Waals surface area (Å²) in [6, 6.07) is 3.87. The van der Waals surface area contributed by atoms with Crippen LogP contribution >= 0.6 is 0 Å². The Kier molecular flexibility index (Phi) is 6.50. The highest BCUT2D eigenvalue weighted by atomic mass is 16.5. The highest BCUT2D eigenvalue weighted by molar-refractivity contribution is 5.90. The van der Waals surface area contributed by atoms with Crippen LogP contribution in [0.5, 0.6) is 5.75 Å². The average molecular weight is 464 g/mol. The molecule has 2 N–H and O–H groups in total. The fourth-order valence-corrected chi connectivity index (χ4v) is 4.50. The molecule has 5 rings (SSSR count). The Bertz CT molecular complexity index is 1170. The van der Waals surface area contributed by atoms with Crippen LogP contribution in [0.2, 0.25) is 0 Å². The van der Waals surface area contributed by atoms with Crippen LogP contribution < -0.4 is 15.4 Å². The van der Waals surface area contributed by atoms with Gasteiger partial charge in [0.1, 0.15) is 17.9 Å². The van der Waals surface area contributed by atoms with Crippen LogP contribution in [-0.2, 0) is 16.1 Å². The number of fused-ring (bicyclic) bond motifs is 3. The van der Waals surface area contributed by atoms with Gasteiger partial charge in [0.2, 0.25) is 5.91 Å². The molecule has 2 aliphatic rings. The van der Waals surface area contributed by atoms with Crippen molar-refractivity contribution in [1.29, 1.82) is 0 Å². The van der Waals surface area contributed by atoms with Gasteiger partial charge in [-0.15, -0.1) is 0 Å². The van der Waals surface area contributed by atoms with Gasteiger partial charge in [0.25, 0.3) is 0 Å². The summed E-state index contributed by atoms with van der Waals surface area (Å²) in [4.78, 5) is 33.2. The van der Waals surface area contributed by atoms with Gasteiger partial charge in [0.05, 0.1) is 24.4 Å². The van der Waals surface area contributed by atoms with Crippen molar-refractivity contribution in [2.24, 2.45) is 0 Å². The number of amides is 1. The Morgan fingerprint density at radius 1 is 1.21 bits per heavy atom. The van der Waals surface area contributed by atoms with Crippen LogP contribution in [0.15, 0.2) is 30.7 Å². The summed E-state index contributed by atoms with van der Waals surface area (Å²) in [6.45, 7) is 2.17. The maximum absolute atomic E-state index is 12.8. The zero-order chi connectivity index (χ0) is 23.5. The zero-order valence-electron chi connectivity index (χ0n) is 19.5. The second kappa shape index (κ2) is 9.86. The van der Waals surface area contributed by atoms with E-state index in [2.05, 4.69) is 30.5 Å². The molecule has 178 valence electrons.